The summed E-state index contributed by atoms with van der Waals surface area (Å²) in [7, 11) is 0. The van der Waals surface area contributed by atoms with Gasteiger partial charge in [-0.25, -0.2) is 8.78 Å². The van der Waals surface area contributed by atoms with E-state index in [4.69, 9.17) is 4.74 Å². The minimum Gasteiger partial charge on any atom is -0.451 e. The first-order valence-corrected chi connectivity index (χ1v) is 6.09. The van der Waals surface area contributed by atoms with Crippen molar-refractivity contribution < 1.29 is 13.5 Å². The Morgan fingerprint density at radius 3 is 2.12 bits per heavy atom. The molecule has 0 aromatic heterocycles. The molecule has 1 nitrogen and oxygen atoms in total. The molecule has 2 aromatic rings. The number of halogens is 3. The number of hydrogen-bond acceptors (Lipinski definition) is 1. The zero-order chi connectivity index (χ0) is 12.3. The van der Waals surface area contributed by atoms with Gasteiger partial charge >= 0.3 is 0 Å². The SMILES string of the molecule is Fc1cc(CBr)cc(F)c1Oc1ccccc1. The first-order valence-electron chi connectivity index (χ1n) is 4.97. The number of ether oxygens (including phenoxy) is 1. The van der Waals surface area contributed by atoms with Gasteiger partial charge in [-0.2, -0.15) is 0 Å². The molecule has 2 rings (SSSR count). The van der Waals surface area contributed by atoms with E-state index in [0.717, 1.165) is 0 Å². The summed E-state index contributed by atoms with van der Waals surface area (Å²) < 4.78 is 32.4. The highest BCUT2D eigenvalue weighted by molar-refractivity contribution is 9.08. The number of benzene rings is 2. The molecule has 0 bridgehead atoms. The molecule has 0 N–H and O–H groups in total. The third-order valence-electron chi connectivity index (χ3n) is 2.18. The molecule has 0 heterocycles. The van der Waals surface area contributed by atoms with Gasteiger partial charge in [-0.3, -0.25) is 0 Å². The first kappa shape index (κ1) is 12.0. The van der Waals surface area contributed by atoms with E-state index in [1.165, 1.54) is 12.1 Å². The number of para-hydroxylation sites is 1. The molecule has 0 aliphatic rings. The largest absolute Gasteiger partial charge is 0.451 e. The molecule has 0 fully saturated rings. The highest BCUT2D eigenvalue weighted by Crippen LogP contribution is 2.28. The lowest BCUT2D eigenvalue weighted by Gasteiger charge is -2.08. The van der Waals surface area contributed by atoms with E-state index in [9.17, 15) is 8.78 Å². The third kappa shape index (κ3) is 2.82. The maximum Gasteiger partial charge on any atom is 0.198 e. The Bertz CT molecular complexity index is 491. The second kappa shape index (κ2) is 5.27. The average molecular weight is 299 g/mol. The highest BCUT2D eigenvalue weighted by atomic mass is 79.9. The second-order valence-corrected chi connectivity index (χ2v) is 4.00. The van der Waals surface area contributed by atoms with Crippen LogP contribution in [0.15, 0.2) is 42.5 Å². The zero-order valence-corrected chi connectivity index (χ0v) is 10.4. The van der Waals surface area contributed by atoms with Crippen molar-refractivity contribution in [1.82, 2.24) is 0 Å². The molecule has 4 heteroatoms. The Balaban J connectivity index is 2.33. The summed E-state index contributed by atoms with van der Waals surface area (Å²) >= 11 is 3.14. The third-order valence-corrected chi connectivity index (χ3v) is 2.82. The van der Waals surface area contributed by atoms with Crippen LogP contribution in [0.4, 0.5) is 8.78 Å². The highest BCUT2D eigenvalue weighted by Gasteiger charge is 2.13. The van der Waals surface area contributed by atoms with Crippen molar-refractivity contribution >= 4 is 15.9 Å². The molecule has 0 radical (unpaired) electrons. The molecule has 0 saturated carbocycles. The summed E-state index contributed by atoms with van der Waals surface area (Å²) in [5.74, 6) is -1.38. The zero-order valence-electron chi connectivity index (χ0n) is 8.79. The molecule has 2 aromatic carbocycles. The van der Waals surface area contributed by atoms with Crippen LogP contribution >= 0.6 is 15.9 Å². The van der Waals surface area contributed by atoms with E-state index in [-0.39, 0.29) is 5.75 Å². The molecule has 0 unspecified atom stereocenters. The summed E-state index contributed by atoms with van der Waals surface area (Å²) in [6.07, 6.45) is 0. The van der Waals surface area contributed by atoms with Crippen molar-refractivity contribution in [3.8, 4) is 11.5 Å². The minimum absolute atomic E-state index is 0.374. The van der Waals surface area contributed by atoms with Crippen LogP contribution in [0.1, 0.15) is 5.56 Å². The maximum atomic E-state index is 13.6. The minimum atomic E-state index is -0.705. The monoisotopic (exact) mass is 298 g/mol. The van der Waals surface area contributed by atoms with Crippen LogP contribution in [0.3, 0.4) is 0 Å². The molecular formula is C13H9BrF2O. The van der Waals surface area contributed by atoms with E-state index < -0.39 is 11.6 Å². The molecular weight excluding hydrogens is 290 g/mol. The Morgan fingerprint density at radius 1 is 1.00 bits per heavy atom. The first-order chi connectivity index (χ1) is 8.20. The number of rotatable bonds is 3. The lowest BCUT2D eigenvalue weighted by molar-refractivity contribution is 0.407. The van der Waals surface area contributed by atoms with Gasteiger partial charge in [0.1, 0.15) is 5.75 Å². The van der Waals surface area contributed by atoms with Gasteiger partial charge in [0.15, 0.2) is 17.4 Å². The van der Waals surface area contributed by atoms with E-state index in [2.05, 4.69) is 15.9 Å². The van der Waals surface area contributed by atoms with Gasteiger partial charge in [0.05, 0.1) is 0 Å². The van der Waals surface area contributed by atoms with Gasteiger partial charge in [-0.05, 0) is 29.8 Å². The number of alkyl halides is 1. The van der Waals surface area contributed by atoms with Gasteiger partial charge < -0.3 is 4.74 Å². The molecule has 0 amide bonds. The second-order valence-electron chi connectivity index (χ2n) is 3.44. The van der Waals surface area contributed by atoms with Crippen molar-refractivity contribution in [1.29, 1.82) is 0 Å². The van der Waals surface area contributed by atoms with Crippen LogP contribution in [0.2, 0.25) is 0 Å². The Kier molecular flexibility index (Phi) is 3.74. The normalized spacial score (nSPS) is 10.3. The fraction of sp³-hybridized carbons (Fsp3) is 0.0769. The molecule has 0 aliphatic heterocycles. The number of hydrogen-bond donors (Lipinski definition) is 0. The molecule has 0 atom stereocenters. The van der Waals surface area contributed by atoms with Gasteiger partial charge in [-0.1, -0.05) is 34.1 Å². The van der Waals surface area contributed by atoms with E-state index in [1.807, 2.05) is 0 Å². The summed E-state index contributed by atoms with van der Waals surface area (Å²) in [5, 5.41) is 0.395. The van der Waals surface area contributed by atoms with Gasteiger partial charge in [0.2, 0.25) is 0 Å². The van der Waals surface area contributed by atoms with Crippen LogP contribution in [0.25, 0.3) is 0 Å². The topological polar surface area (TPSA) is 9.23 Å². The predicted molar refractivity (Wildman–Crippen MR) is 65.5 cm³/mol. The van der Waals surface area contributed by atoms with Crippen molar-refractivity contribution in [2.24, 2.45) is 0 Å². The predicted octanol–water partition coefficient (Wildman–Crippen LogP) is 4.65. The quantitative estimate of drug-likeness (QED) is 0.749. The van der Waals surface area contributed by atoms with Gasteiger partial charge in [0, 0.05) is 5.33 Å². The van der Waals surface area contributed by atoms with E-state index >= 15 is 0 Å². The van der Waals surface area contributed by atoms with Crippen LogP contribution in [0, 0.1) is 11.6 Å². The fourth-order valence-corrected chi connectivity index (χ4v) is 1.72. The van der Waals surface area contributed by atoms with Gasteiger partial charge in [0.25, 0.3) is 0 Å². The smallest absolute Gasteiger partial charge is 0.198 e. The van der Waals surface area contributed by atoms with Crippen molar-refractivity contribution in [3.05, 3.63) is 59.7 Å². The van der Waals surface area contributed by atoms with E-state index in [0.29, 0.717) is 16.6 Å². The van der Waals surface area contributed by atoms with Crippen molar-refractivity contribution in [3.63, 3.8) is 0 Å². The van der Waals surface area contributed by atoms with Crippen molar-refractivity contribution in [2.75, 3.05) is 0 Å². The molecule has 88 valence electrons. The molecule has 0 saturated heterocycles. The fourth-order valence-electron chi connectivity index (χ4n) is 1.39. The molecule has 17 heavy (non-hydrogen) atoms. The summed E-state index contributed by atoms with van der Waals surface area (Å²) in [4.78, 5) is 0. The summed E-state index contributed by atoms with van der Waals surface area (Å²) in [5.41, 5.74) is 0.528. The van der Waals surface area contributed by atoms with Crippen LogP contribution in [-0.4, -0.2) is 0 Å². The molecule has 0 aliphatic carbocycles. The standard InChI is InChI=1S/C13H9BrF2O/c14-8-9-6-11(15)13(12(16)7-9)17-10-4-2-1-3-5-10/h1-7H,8H2. The van der Waals surface area contributed by atoms with Crippen LogP contribution in [0.5, 0.6) is 11.5 Å². The van der Waals surface area contributed by atoms with Crippen LogP contribution < -0.4 is 4.74 Å². The Morgan fingerprint density at radius 2 is 1.59 bits per heavy atom. The Hall–Kier alpha value is -1.42. The summed E-state index contributed by atoms with van der Waals surface area (Å²) in [6.45, 7) is 0. The molecule has 0 spiro atoms. The lowest BCUT2D eigenvalue weighted by Crippen LogP contribution is -1.94. The van der Waals surface area contributed by atoms with Crippen molar-refractivity contribution in [2.45, 2.75) is 5.33 Å². The summed E-state index contributed by atoms with van der Waals surface area (Å²) in [6, 6.07) is 11.0. The van der Waals surface area contributed by atoms with Crippen LogP contribution in [-0.2, 0) is 5.33 Å². The average Bonchev–Trinajstić information content (AvgIpc) is 2.35. The lowest BCUT2D eigenvalue weighted by atomic mass is 10.2. The van der Waals surface area contributed by atoms with E-state index in [1.54, 1.807) is 30.3 Å². The Labute approximate surface area is 106 Å². The maximum absolute atomic E-state index is 13.6. The van der Waals surface area contributed by atoms with Gasteiger partial charge in [-0.15, -0.1) is 0 Å².